The summed E-state index contributed by atoms with van der Waals surface area (Å²) in [5, 5.41) is 0. The van der Waals surface area contributed by atoms with Crippen LogP contribution < -0.4 is 0 Å². The van der Waals surface area contributed by atoms with Crippen molar-refractivity contribution >= 4 is 19.1 Å². The summed E-state index contributed by atoms with van der Waals surface area (Å²) in [7, 11) is 1.84. The van der Waals surface area contributed by atoms with E-state index in [4.69, 9.17) is 0 Å². The van der Waals surface area contributed by atoms with Crippen molar-refractivity contribution in [2.24, 2.45) is 0 Å². The van der Waals surface area contributed by atoms with Crippen molar-refractivity contribution < 1.29 is 4.79 Å². The van der Waals surface area contributed by atoms with Crippen molar-refractivity contribution in [2.45, 2.75) is 20.7 Å². The van der Waals surface area contributed by atoms with Crippen LogP contribution in [0.1, 0.15) is 18.1 Å². The predicted molar refractivity (Wildman–Crippen MR) is 61.5 cm³/mol. The number of hydrogen-bond donors (Lipinski definition) is 0. The molecule has 71 valence electrons. The number of benzene rings is 1. The summed E-state index contributed by atoms with van der Waals surface area (Å²) in [4.78, 5) is 11.2. The second-order valence-corrected chi connectivity index (χ2v) is 3.30. The second-order valence-electron chi connectivity index (χ2n) is 3.30. The van der Waals surface area contributed by atoms with Gasteiger partial charge < -0.3 is 0 Å². The first-order valence-corrected chi connectivity index (χ1v) is 4.72. The van der Waals surface area contributed by atoms with E-state index in [0.717, 1.165) is 11.0 Å². The molecule has 0 N–H and O–H groups in total. The van der Waals surface area contributed by atoms with Crippen LogP contribution in [0.25, 0.3) is 6.08 Å². The first-order chi connectivity index (χ1) is 6.65. The lowest BCUT2D eigenvalue weighted by Crippen LogP contribution is -2.02. The SMILES string of the molecule is C[B]/C(=C/c1ccccc1C)C(C)=O. The van der Waals surface area contributed by atoms with Crippen LogP contribution in [0.3, 0.4) is 0 Å². The molecular formula is C12H14BO. The maximum Gasteiger partial charge on any atom is 0.153 e. The molecular weight excluding hydrogens is 171 g/mol. The Bertz CT molecular complexity index is 366. The summed E-state index contributed by atoms with van der Waals surface area (Å²) >= 11 is 0. The van der Waals surface area contributed by atoms with Crippen LogP contribution >= 0.6 is 0 Å². The van der Waals surface area contributed by atoms with E-state index in [0.29, 0.717) is 0 Å². The zero-order valence-corrected chi connectivity index (χ0v) is 8.87. The second kappa shape index (κ2) is 4.80. The Morgan fingerprint density at radius 2 is 2.00 bits per heavy atom. The Hall–Kier alpha value is -1.31. The van der Waals surface area contributed by atoms with Gasteiger partial charge >= 0.3 is 0 Å². The van der Waals surface area contributed by atoms with Crippen LogP contribution in [-0.2, 0) is 4.79 Å². The summed E-state index contributed by atoms with van der Waals surface area (Å²) in [6, 6.07) is 8.03. The average Bonchev–Trinajstić information content (AvgIpc) is 2.16. The number of Topliss-reactive ketones (excluding diaryl/α,β-unsaturated/α-hetero) is 1. The predicted octanol–water partition coefficient (Wildman–Crippen LogP) is 2.68. The van der Waals surface area contributed by atoms with Crippen molar-refractivity contribution in [3.63, 3.8) is 0 Å². The summed E-state index contributed by atoms with van der Waals surface area (Å²) < 4.78 is 0. The lowest BCUT2D eigenvalue weighted by atomic mass is 9.70. The highest BCUT2D eigenvalue weighted by atomic mass is 16.1. The number of carbonyl (C=O) groups is 1. The zero-order chi connectivity index (χ0) is 10.6. The van der Waals surface area contributed by atoms with E-state index in [-0.39, 0.29) is 5.78 Å². The first-order valence-electron chi connectivity index (χ1n) is 4.72. The zero-order valence-electron chi connectivity index (χ0n) is 8.87. The smallest absolute Gasteiger partial charge is 0.153 e. The van der Waals surface area contributed by atoms with Crippen molar-refractivity contribution in [3.05, 3.63) is 40.9 Å². The molecule has 1 radical (unpaired) electrons. The number of allylic oxidation sites excluding steroid dienone is 1. The van der Waals surface area contributed by atoms with Crippen LogP contribution in [0.15, 0.2) is 29.7 Å². The Kier molecular flexibility index (Phi) is 3.69. The largest absolute Gasteiger partial charge is 0.296 e. The third-order valence-corrected chi connectivity index (χ3v) is 2.22. The van der Waals surface area contributed by atoms with Gasteiger partial charge in [-0.3, -0.25) is 4.79 Å². The van der Waals surface area contributed by atoms with E-state index in [1.807, 2.05) is 51.4 Å². The van der Waals surface area contributed by atoms with Gasteiger partial charge in [-0.25, -0.2) is 0 Å². The minimum Gasteiger partial charge on any atom is -0.296 e. The molecule has 1 aromatic carbocycles. The molecule has 0 aliphatic carbocycles. The molecule has 1 aromatic rings. The molecule has 0 unspecified atom stereocenters. The van der Waals surface area contributed by atoms with Gasteiger partial charge in [-0.15, -0.1) is 0 Å². The molecule has 0 bridgehead atoms. The molecule has 0 spiro atoms. The van der Waals surface area contributed by atoms with Crippen LogP contribution in [0, 0.1) is 6.92 Å². The molecule has 0 aromatic heterocycles. The molecule has 0 atom stereocenters. The van der Waals surface area contributed by atoms with E-state index in [2.05, 4.69) is 0 Å². The van der Waals surface area contributed by atoms with E-state index < -0.39 is 0 Å². The standard InChI is InChI=1S/C12H14BO/c1-9-6-4-5-7-11(9)8-12(13-3)10(2)14/h4-8H,1-3H3/b12-8+. The molecule has 0 saturated heterocycles. The normalized spacial score (nSPS) is 11.2. The monoisotopic (exact) mass is 185 g/mol. The fourth-order valence-corrected chi connectivity index (χ4v) is 1.30. The molecule has 0 heterocycles. The van der Waals surface area contributed by atoms with E-state index in [9.17, 15) is 4.79 Å². The lowest BCUT2D eigenvalue weighted by Gasteiger charge is -2.02. The third-order valence-electron chi connectivity index (χ3n) is 2.22. The van der Waals surface area contributed by atoms with Crippen molar-refractivity contribution in [2.75, 3.05) is 0 Å². The number of carbonyl (C=O) groups excluding carboxylic acids is 1. The third kappa shape index (κ3) is 2.59. The minimum atomic E-state index is 0.107. The number of ketones is 1. The van der Waals surface area contributed by atoms with Crippen LogP contribution in [0.5, 0.6) is 0 Å². The highest BCUT2D eigenvalue weighted by Crippen LogP contribution is 2.11. The average molecular weight is 185 g/mol. The topological polar surface area (TPSA) is 17.1 Å². The molecule has 0 fully saturated rings. The molecule has 1 nitrogen and oxygen atoms in total. The highest BCUT2D eigenvalue weighted by Gasteiger charge is 2.02. The Morgan fingerprint density at radius 3 is 2.50 bits per heavy atom. The Balaban J connectivity index is 3.07. The van der Waals surface area contributed by atoms with Gasteiger partial charge in [0.05, 0.1) is 0 Å². The van der Waals surface area contributed by atoms with Gasteiger partial charge in [-0.1, -0.05) is 37.2 Å². The van der Waals surface area contributed by atoms with Crippen LogP contribution in [0.4, 0.5) is 0 Å². The molecule has 0 amide bonds. The maximum atomic E-state index is 11.2. The van der Waals surface area contributed by atoms with Gasteiger partial charge in [0.1, 0.15) is 5.78 Å². The lowest BCUT2D eigenvalue weighted by molar-refractivity contribution is -0.113. The van der Waals surface area contributed by atoms with Crippen molar-refractivity contribution in [1.29, 1.82) is 0 Å². The van der Waals surface area contributed by atoms with E-state index in [1.165, 1.54) is 5.56 Å². The van der Waals surface area contributed by atoms with Crippen LogP contribution in [0.2, 0.25) is 6.82 Å². The van der Waals surface area contributed by atoms with E-state index in [1.54, 1.807) is 6.92 Å². The first kappa shape index (κ1) is 10.8. The molecule has 1 rings (SSSR count). The van der Waals surface area contributed by atoms with Crippen molar-refractivity contribution in [1.82, 2.24) is 0 Å². The summed E-state index contributed by atoms with van der Waals surface area (Å²) in [5.74, 6) is 0.107. The maximum absolute atomic E-state index is 11.2. The summed E-state index contributed by atoms with van der Waals surface area (Å²) in [5.41, 5.74) is 3.06. The fourth-order valence-electron chi connectivity index (χ4n) is 1.30. The quantitative estimate of drug-likeness (QED) is 0.522. The minimum absolute atomic E-state index is 0.107. The van der Waals surface area contributed by atoms with Crippen molar-refractivity contribution in [3.8, 4) is 0 Å². The van der Waals surface area contributed by atoms with Gasteiger partial charge in [-0.05, 0) is 30.4 Å². The highest BCUT2D eigenvalue weighted by molar-refractivity contribution is 6.54. The molecule has 0 aliphatic rings. The molecule has 14 heavy (non-hydrogen) atoms. The van der Waals surface area contributed by atoms with Gasteiger partial charge in [0.15, 0.2) is 7.28 Å². The number of rotatable bonds is 3. The van der Waals surface area contributed by atoms with E-state index >= 15 is 0 Å². The summed E-state index contributed by atoms with van der Waals surface area (Å²) in [6.45, 7) is 5.51. The molecule has 0 aliphatic heterocycles. The summed E-state index contributed by atoms with van der Waals surface area (Å²) in [6.07, 6.45) is 1.93. The molecule has 0 saturated carbocycles. The van der Waals surface area contributed by atoms with Crippen LogP contribution in [-0.4, -0.2) is 13.1 Å². The Labute approximate surface area is 86.1 Å². The van der Waals surface area contributed by atoms with Gasteiger partial charge in [0.2, 0.25) is 0 Å². The molecule has 2 heteroatoms. The fraction of sp³-hybridized carbons (Fsp3) is 0.250. The van der Waals surface area contributed by atoms with Gasteiger partial charge in [0, 0.05) is 0 Å². The van der Waals surface area contributed by atoms with Gasteiger partial charge in [0.25, 0.3) is 0 Å². The van der Waals surface area contributed by atoms with Gasteiger partial charge in [-0.2, -0.15) is 0 Å². The number of aryl methyl sites for hydroxylation is 1. The Morgan fingerprint density at radius 1 is 1.36 bits per heavy atom. The number of hydrogen-bond acceptors (Lipinski definition) is 1.